The van der Waals surface area contributed by atoms with Gasteiger partial charge in [-0.3, -0.25) is 4.79 Å². The molecule has 1 aliphatic heterocycles. The first-order valence-electron chi connectivity index (χ1n) is 5.45. The number of ether oxygens (including phenoxy) is 2. The van der Waals surface area contributed by atoms with Crippen molar-refractivity contribution >= 4 is 5.78 Å². The van der Waals surface area contributed by atoms with E-state index in [2.05, 4.69) is 0 Å². The molecule has 1 aliphatic rings. The maximum absolute atomic E-state index is 11.5. The second-order valence-electron chi connectivity index (χ2n) is 3.83. The number of hydrogen-bond donors (Lipinski definition) is 0. The first-order valence-corrected chi connectivity index (χ1v) is 5.45. The fraction of sp³-hybridized carbons (Fsp3) is 0.909. The van der Waals surface area contributed by atoms with E-state index in [1.54, 1.807) is 7.11 Å². The molecule has 1 unspecified atom stereocenters. The van der Waals surface area contributed by atoms with E-state index in [0.717, 1.165) is 25.9 Å². The highest BCUT2D eigenvalue weighted by atomic mass is 16.5. The average Bonchev–Trinajstić information content (AvgIpc) is 2.20. The Morgan fingerprint density at radius 2 is 2.36 bits per heavy atom. The standard InChI is InChI=1S/C11H20O3/c1-13-7-4-5-10(12)9-11-6-2-3-8-14-11/h11H,2-9H2,1H3. The third-order valence-corrected chi connectivity index (χ3v) is 2.53. The van der Waals surface area contributed by atoms with Gasteiger partial charge in [-0.15, -0.1) is 0 Å². The molecule has 0 radical (unpaired) electrons. The Labute approximate surface area is 85.8 Å². The Morgan fingerprint density at radius 3 is 3.00 bits per heavy atom. The first kappa shape index (κ1) is 11.7. The van der Waals surface area contributed by atoms with Gasteiger partial charge in [-0.25, -0.2) is 0 Å². The number of Topliss-reactive ketones (excluding diaryl/α,β-unsaturated/α-hetero) is 1. The van der Waals surface area contributed by atoms with Gasteiger partial charge < -0.3 is 9.47 Å². The summed E-state index contributed by atoms with van der Waals surface area (Å²) in [6, 6.07) is 0. The topological polar surface area (TPSA) is 35.5 Å². The smallest absolute Gasteiger partial charge is 0.135 e. The zero-order valence-electron chi connectivity index (χ0n) is 8.96. The molecule has 0 spiro atoms. The van der Waals surface area contributed by atoms with Crippen molar-refractivity contribution in [2.75, 3.05) is 20.3 Å². The van der Waals surface area contributed by atoms with E-state index < -0.39 is 0 Å². The van der Waals surface area contributed by atoms with Crippen LogP contribution in [0.2, 0.25) is 0 Å². The van der Waals surface area contributed by atoms with Crippen LogP contribution >= 0.6 is 0 Å². The lowest BCUT2D eigenvalue weighted by Gasteiger charge is -2.21. The van der Waals surface area contributed by atoms with Crippen molar-refractivity contribution in [2.24, 2.45) is 0 Å². The SMILES string of the molecule is COCCCC(=O)CC1CCCCO1. The summed E-state index contributed by atoms with van der Waals surface area (Å²) in [5, 5.41) is 0. The third kappa shape index (κ3) is 4.72. The zero-order valence-corrected chi connectivity index (χ0v) is 8.96. The average molecular weight is 200 g/mol. The minimum Gasteiger partial charge on any atom is -0.385 e. The van der Waals surface area contributed by atoms with Crippen LogP contribution in [0.4, 0.5) is 0 Å². The highest BCUT2D eigenvalue weighted by Gasteiger charge is 2.16. The fourth-order valence-electron chi connectivity index (χ4n) is 1.74. The van der Waals surface area contributed by atoms with Gasteiger partial charge in [0.05, 0.1) is 6.10 Å². The van der Waals surface area contributed by atoms with Gasteiger partial charge in [0.25, 0.3) is 0 Å². The zero-order chi connectivity index (χ0) is 10.2. The molecular weight excluding hydrogens is 180 g/mol. The van der Waals surface area contributed by atoms with Gasteiger partial charge in [0, 0.05) is 33.2 Å². The molecule has 0 N–H and O–H groups in total. The lowest BCUT2D eigenvalue weighted by molar-refractivity contribution is -0.123. The first-order chi connectivity index (χ1) is 6.83. The summed E-state index contributed by atoms with van der Waals surface area (Å²) in [4.78, 5) is 11.5. The minimum atomic E-state index is 0.193. The second kappa shape index (κ2) is 6.96. The van der Waals surface area contributed by atoms with Gasteiger partial charge in [0.15, 0.2) is 0 Å². The summed E-state index contributed by atoms with van der Waals surface area (Å²) in [5.74, 6) is 0.314. The summed E-state index contributed by atoms with van der Waals surface area (Å²) >= 11 is 0. The number of methoxy groups -OCH3 is 1. The second-order valence-corrected chi connectivity index (χ2v) is 3.83. The van der Waals surface area contributed by atoms with Gasteiger partial charge in [0.2, 0.25) is 0 Å². The van der Waals surface area contributed by atoms with Crippen LogP contribution in [0.3, 0.4) is 0 Å². The lowest BCUT2D eigenvalue weighted by atomic mass is 10.0. The van der Waals surface area contributed by atoms with Crippen molar-refractivity contribution < 1.29 is 14.3 Å². The molecule has 1 rings (SSSR count). The molecule has 0 aliphatic carbocycles. The van der Waals surface area contributed by atoms with E-state index in [1.165, 1.54) is 6.42 Å². The van der Waals surface area contributed by atoms with Crippen molar-refractivity contribution in [2.45, 2.75) is 44.6 Å². The van der Waals surface area contributed by atoms with Crippen LogP contribution in [-0.4, -0.2) is 32.2 Å². The minimum absolute atomic E-state index is 0.193. The quantitative estimate of drug-likeness (QED) is 0.615. The fourth-order valence-corrected chi connectivity index (χ4v) is 1.74. The molecular formula is C11H20O3. The monoisotopic (exact) mass is 200 g/mol. The summed E-state index contributed by atoms with van der Waals surface area (Å²) in [7, 11) is 1.66. The van der Waals surface area contributed by atoms with Crippen molar-refractivity contribution in [3.63, 3.8) is 0 Å². The van der Waals surface area contributed by atoms with Crippen molar-refractivity contribution in [1.29, 1.82) is 0 Å². The molecule has 0 bridgehead atoms. The molecule has 0 amide bonds. The molecule has 1 saturated heterocycles. The van der Waals surface area contributed by atoms with E-state index in [9.17, 15) is 4.79 Å². The predicted molar refractivity (Wildman–Crippen MR) is 54.3 cm³/mol. The van der Waals surface area contributed by atoms with Gasteiger partial charge in [-0.2, -0.15) is 0 Å². The Hall–Kier alpha value is -0.410. The predicted octanol–water partition coefficient (Wildman–Crippen LogP) is 1.94. The molecule has 3 heteroatoms. The maximum atomic E-state index is 11.5. The summed E-state index contributed by atoms with van der Waals surface area (Å²) in [5.41, 5.74) is 0. The highest BCUT2D eigenvalue weighted by Crippen LogP contribution is 2.16. The van der Waals surface area contributed by atoms with Crippen LogP contribution in [0.1, 0.15) is 38.5 Å². The summed E-state index contributed by atoms with van der Waals surface area (Å²) in [6.45, 7) is 1.51. The van der Waals surface area contributed by atoms with Gasteiger partial charge in [-0.1, -0.05) is 0 Å². The van der Waals surface area contributed by atoms with Gasteiger partial charge in [-0.05, 0) is 25.7 Å². The number of carbonyl (C=O) groups excluding carboxylic acids is 1. The van der Waals surface area contributed by atoms with E-state index >= 15 is 0 Å². The highest BCUT2D eigenvalue weighted by molar-refractivity contribution is 5.78. The molecule has 1 fully saturated rings. The number of rotatable bonds is 6. The normalized spacial score (nSPS) is 22.2. The summed E-state index contributed by atoms with van der Waals surface area (Å²) < 4.78 is 10.4. The largest absolute Gasteiger partial charge is 0.385 e. The maximum Gasteiger partial charge on any atom is 0.135 e. The van der Waals surface area contributed by atoms with E-state index in [4.69, 9.17) is 9.47 Å². The lowest BCUT2D eigenvalue weighted by Crippen LogP contribution is -2.22. The van der Waals surface area contributed by atoms with Gasteiger partial charge >= 0.3 is 0 Å². The van der Waals surface area contributed by atoms with E-state index in [1.807, 2.05) is 0 Å². The Morgan fingerprint density at radius 1 is 1.50 bits per heavy atom. The van der Waals surface area contributed by atoms with E-state index in [0.29, 0.717) is 25.2 Å². The van der Waals surface area contributed by atoms with Crippen LogP contribution in [-0.2, 0) is 14.3 Å². The summed E-state index contributed by atoms with van der Waals surface area (Å²) in [6.07, 6.45) is 5.67. The number of ketones is 1. The van der Waals surface area contributed by atoms with Crippen LogP contribution in [0.15, 0.2) is 0 Å². The molecule has 1 atom stereocenters. The molecule has 0 aromatic heterocycles. The van der Waals surface area contributed by atoms with Gasteiger partial charge in [0.1, 0.15) is 5.78 Å². The van der Waals surface area contributed by atoms with Crippen LogP contribution in [0, 0.1) is 0 Å². The molecule has 3 nitrogen and oxygen atoms in total. The Balaban J connectivity index is 2.06. The molecule has 82 valence electrons. The molecule has 1 heterocycles. The van der Waals surface area contributed by atoms with Crippen LogP contribution < -0.4 is 0 Å². The van der Waals surface area contributed by atoms with Crippen molar-refractivity contribution in [1.82, 2.24) is 0 Å². The Bertz CT molecular complexity index is 162. The van der Waals surface area contributed by atoms with E-state index in [-0.39, 0.29) is 6.10 Å². The van der Waals surface area contributed by atoms with Crippen molar-refractivity contribution in [3.8, 4) is 0 Å². The molecule has 14 heavy (non-hydrogen) atoms. The Kier molecular flexibility index (Phi) is 5.80. The number of carbonyl (C=O) groups is 1. The van der Waals surface area contributed by atoms with Crippen LogP contribution in [0.5, 0.6) is 0 Å². The third-order valence-electron chi connectivity index (χ3n) is 2.53. The number of hydrogen-bond acceptors (Lipinski definition) is 3. The van der Waals surface area contributed by atoms with Crippen LogP contribution in [0.25, 0.3) is 0 Å². The molecule has 0 saturated carbocycles. The van der Waals surface area contributed by atoms with Crippen molar-refractivity contribution in [3.05, 3.63) is 0 Å². The molecule has 0 aromatic carbocycles. The molecule has 0 aromatic rings.